The molecule has 0 amide bonds. The molecule has 3 nitrogen and oxygen atoms in total. The number of fused-ring (bicyclic) bond motifs is 1. The van der Waals surface area contributed by atoms with Crippen molar-refractivity contribution in [3.8, 4) is 0 Å². The van der Waals surface area contributed by atoms with Gasteiger partial charge in [0.05, 0.1) is 0 Å². The number of rotatable bonds is 5. The summed E-state index contributed by atoms with van der Waals surface area (Å²) in [5.74, 6) is -0.867. The topological polar surface area (TPSA) is 43.4 Å². The summed E-state index contributed by atoms with van der Waals surface area (Å²) in [6.07, 6.45) is 0. The van der Waals surface area contributed by atoms with Crippen molar-refractivity contribution in [1.29, 1.82) is 0 Å². The van der Waals surface area contributed by atoms with Gasteiger partial charge in [-0.1, -0.05) is 125 Å². The minimum atomic E-state index is -3.33. The number of allylic oxidation sites excluding steroid dienone is 2. The number of carbonyl (C=O) groups excluding carboxylic acids is 2. The molecule has 0 saturated carbocycles. The summed E-state index contributed by atoms with van der Waals surface area (Å²) < 4.78 is 6.92. The summed E-state index contributed by atoms with van der Waals surface area (Å²) in [6.45, 7) is 6.10. The third-order valence-corrected chi connectivity index (χ3v) is 10.9. The van der Waals surface area contributed by atoms with Crippen LogP contribution in [0.4, 0.5) is 0 Å². The Morgan fingerprint density at radius 1 is 0.556 bits per heavy atom. The Hall–Kier alpha value is -3.73. The Kier molecular flexibility index (Phi) is 6.25. The molecule has 1 aliphatic rings. The first kappa shape index (κ1) is 24.0. The third kappa shape index (κ3) is 4.02. The van der Waals surface area contributed by atoms with Gasteiger partial charge in [0, 0.05) is 11.1 Å². The number of halogens is 1. The molecule has 0 unspecified atom stereocenters. The zero-order valence-electron chi connectivity index (χ0n) is 20.3. The molecular formula is C31H25ClO3Si. The molecule has 0 radical (unpaired) electrons. The van der Waals surface area contributed by atoms with Gasteiger partial charge in [-0.25, -0.2) is 0 Å². The quantitative estimate of drug-likeness (QED) is 0.277. The van der Waals surface area contributed by atoms with Gasteiger partial charge in [-0.2, -0.15) is 0 Å². The summed E-state index contributed by atoms with van der Waals surface area (Å²) >= 11 is 6.61. The Morgan fingerprint density at radius 2 is 0.917 bits per heavy atom. The molecule has 1 aliphatic carbocycles. The molecule has 0 fully saturated rings. The zero-order valence-corrected chi connectivity index (χ0v) is 22.1. The van der Waals surface area contributed by atoms with E-state index in [1.807, 2.05) is 57.2 Å². The molecule has 0 bridgehead atoms. The second-order valence-electron chi connectivity index (χ2n) is 9.23. The molecule has 4 aromatic carbocycles. The monoisotopic (exact) mass is 508 g/mol. The van der Waals surface area contributed by atoms with E-state index in [1.54, 1.807) is 24.3 Å². The van der Waals surface area contributed by atoms with Crippen LogP contribution in [0.3, 0.4) is 0 Å². The van der Waals surface area contributed by atoms with E-state index in [9.17, 15) is 9.59 Å². The molecule has 0 atom stereocenters. The van der Waals surface area contributed by atoms with Crippen LogP contribution in [0.5, 0.6) is 0 Å². The fourth-order valence-corrected chi connectivity index (χ4v) is 8.66. The lowest BCUT2D eigenvalue weighted by atomic mass is 9.94. The van der Waals surface area contributed by atoms with Crippen molar-refractivity contribution in [3.05, 3.63) is 136 Å². The molecule has 36 heavy (non-hydrogen) atoms. The highest BCUT2D eigenvalue weighted by Gasteiger charge is 2.47. The highest BCUT2D eigenvalue weighted by molar-refractivity contribution is 7.07. The van der Waals surface area contributed by atoms with Crippen molar-refractivity contribution in [2.45, 2.75) is 20.8 Å². The fraction of sp³-hybridized carbons (Fsp3) is 0.0968. The fourth-order valence-electron chi connectivity index (χ4n) is 4.61. The van der Waals surface area contributed by atoms with Crippen LogP contribution in [0.25, 0.3) is 0 Å². The zero-order chi connectivity index (χ0) is 25.4. The van der Waals surface area contributed by atoms with Gasteiger partial charge in [0.1, 0.15) is 5.03 Å². The molecule has 0 spiro atoms. The average molecular weight is 509 g/mol. The maximum atomic E-state index is 13.7. The van der Waals surface area contributed by atoms with Gasteiger partial charge in [-0.05, 0) is 36.3 Å². The van der Waals surface area contributed by atoms with Crippen molar-refractivity contribution in [2.75, 3.05) is 0 Å². The lowest BCUT2D eigenvalue weighted by molar-refractivity contribution is 0.0942. The van der Waals surface area contributed by atoms with Crippen LogP contribution in [0, 0.1) is 20.8 Å². The lowest BCUT2D eigenvalue weighted by Gasteiger charge is -2.35. The SMILES string of the molecule is Cc1ccc([Si](OC2=C(Cl)C(=O)c3ccccc3C2=O)(c2ccc(C)cc2)c2ccc(C)cc2)cc1. The molecule has 5 heteroatoms. The second kappa shape index (κ2) is 9.38. The standard InChI is InChI=1S/C31H25ClO3Si/c1-20-8-14-23(15-9-20)36(24-16-10-21(2)11-17-24,25-18-12-22(3)13-19-25)35-31-28(32)29(33)26-6-4-5-7-27(26)30(31)34/h4-19H,1-3H3. The van der Waals surface area contributed by atoms with Gasteiger partial charge in [0.2, 0.25) is 11.6 Å². The van der Waals surface area contributed by atoms with Crippen LogP contribution in [0.15, 0.2) is 108 Å². The maximum Gasteiger partial charge on any atom is 0.347 e. The third-order valence-electron chi connectivity index (χ3n) is 6.65. The van der Waals surface area contributed by atoms with Crippen LogP contribution < -0.4 is 15.6 Å². The lowest BCUT2D eigenvalue weighted by Crippen LogP contribution is -2.69. The van der Waals surface area contributed by atoms with Gasteiger partial charge in [-0.15, -0.1) is 0 Å². The molecule has 0 aromatic heterocycles. The number of carbonyl (C=O) groups is 2. The highest BCUT2D eigenvalue weighted by atomic mass is 35.5. The number of benzene rings is 4. The Bertz CT molecular complexity index is 1390. The van der Waals surface area contributed by atoms with Crippen molar-refractivity contribution in [2.24, 2.45) is 0 Å². The van der Waals surface area contributed by atoms with E-state index in [0.29, 0.717) is 11.1 Å². The summed E-state index contributed by atoms with van der Waals surface area (Å²) in [5, 5.41) is 2.69. The maximum absolute atomic E-state index is 13.7. The molecule has 0 aliphatic heterocycles. The smallest absolute Gasteiger partial charge is 0.347 e. The minimum Gasteiger partial charge on any atom is -0.527 e. The number of hydrogen-bond donors (Lipinski definition) is 0. The Balaban J connectivity index is 1.80. The predicted octanol–water partition coefficient (Wildman–Crippen LogP) is 5.12. The molecular weight excluding hydrogens is 484 g/mol. The highest BCUT2D eigenvalue weighted by Crippen LogP contribution is 2.31. The number of Topliss-reactive ketones (excluding diaryl/α,β-unsaturated/α-hetero) is 2. The van der Waals surface area contributed by atoms with Crippen molar-refractivity contribution < 1.29 is 14.0 Å². The van der Waals surface area contributed by atoms with Crippen LogP contribution in [-0.2, 0) is 4.43 Å². The molecule has 4 aromatic rings. The second-order valence-corrected chi connectivity index (χ2v) is 12.9. The largest absolute Gasteiger partial charge is 0.527 e. The summed E-state index contributed by atoms with van der Waals surface area (Å²) in [4.78, 5) is 26.9. The molecule has 0 saturated heterocycles. The van der Waals surface area contributed by atoms with Crippen molar-refractivity contribution in [1.82, 2.24) is 0 Å². The van der Waals surface area contributed by atoms with E-state index in [1.165, 1.54) is 0 Å². The van der Waals surface area contributed by atoms with Crippen LogP contribution in [0.2, 0.25) is 0 Å². The van der Waals surface area contributed by atoms with Crippen molar-refractivity contribution >= 4 is 47.0 Å². The number of aryl methyl sites for hydroxylation is 3. The van der Waals surface area contributed by atoms with Crippen LogP contribution >= 0.6 is 11.6 Å². The summed E-state index contributed by atoms with van der Waals surface area (Å²) in [6, 6.07) is 31.3. The molecule has 5 rings (SSSR count). The Labute approximate surface area is 217 Å². The summed E-state index contributed by atoms with van der Waals surface area (Å²) in [5.41, 5.74) is 3.95. The normalized spacial score (nSPS) is 13.6. The first-order valence-corrected chi connectivity index (χ1v) is 14.1. The molecule has 0 heterocycles. The molecule has 178 valence electrons. The Morgan fingerprint density at radius 3 is 1.31 bits per heavy atom. The van der Waals surface area contributed by atoms with Gasteiger partial charge in [0.15, 0.2) is 5.76 Å². The average Bonchev–Trinajstić information content (AvgIpc) is 2.89. The van der Waals surface area contributed by atoms with Gasteiger partial charge in [0.25, 0.3) is 0 Å². The van der Waals surface area contributed by atoms with Gasteiger partial charge in [-0.3, -0.25) is 9.59 Å². The van der Waals surface area contributed by atoms with Crippen molar-refractivity contribution in [3.63, 3.8) is 0 Å². The van der Waals surface area contributed by atoms with E-state index in [2.05, 4.69) is 36.4 Å². The van der Waals surface area contributed by atoms with E-state index < -0.39 is 14.1 Å². The minimum absolute atomic E-state index is 0.0891. The van der Waals surface area contributed by atoms with E-state index >= 15 is 0 Å². The van der Waals surface area contributed by atoms with Gasteiger partial charge >= 0.3 is 8.32 Å². The van der Waals surface area contributed by atoms with Gasteiger partial charge < -0.3 is 4.43 Å². The number of ketones is 2. The molecule has 0 N–H and O–H groups in total. The van der Waals surface area contributed by atoms with E-state index in [0.717, 1.165) is 32.3 Å². The van der Waals surface area contributed by atoms with E-state index in [-0.39, 0.29) is 16.6 Å². The van der Waals surface area contributed by atoms with Crippen LogP contribution in [-0.4, -0.2) is 19.9 Å². The van der Waals surface area contributed by atoms with Crippen LogP contribution in [0.1, 0.15) is 37.4 Å². The number of hydrogen-bond acceptors (Lipinski definition) is 3. The summed E-state index contributed by atoms with van der Waals surface area (Å²) in [7, 11) is -3.33. The predicted molar refractivity (Wildman–Crippen MR) is 147 cm³/mol. The first-order chi connectivity index (χ1) is 17.3. The first-order valence-electron chi connectivity index (χ1n) is 11.8. The van der Waals surface area contributed by atoms with E-state index in [4.69, 9.17) is 16.0 Å².